The number of ether oxygens (including phenoxy) is 2. The predicted octanol–water partition coefficient (Wildman–Crippen LogP) is 2.71. The second kappa shape index (κ2) is 8.73. The number of nitrogens with zero attached hydrogens (tertiary/aromatic N) is 1. The number of carbonyl (C=O) groups excluding carboxylic acids is 1. The Morgan fingerprint density at radius 3 is 2.72 bits per heavy atom. The van der Waals surface area contributed by atoms with Crippen LogP contribution in [0.1, 0.15) is 26.3 Å². The fourth-order valence-electron chi connectivity index (χ4n) is 3.06. The van der Waals surface area contributed by atoms with Gasteiger partial charge in [0.1, 0.15) is 11.5 Å². The van der Waals surface area contributed by atoms with Gasteiger partial charge in [0.2, 0.25) is 10.0 Å². The van der Waals surface area contributed by atoms with Gasteiger partial charge in [-0.3, -0.25) is 9.10 Å². The molecule has 1 heterocycles. The van der Waals surface area contributed by atoms with Crippen molar-refractivity contribution in [1.82, 2.24) is 5.32 Å². The Kier molecular flexibility index (Phi) is 6.32. The first-order chi connectivity index (χ1) is 13.8. The number of carbonyl (C=O) groups is 1. The number of nitrogens with one attached hydrogen (secondary N) is 1. The highest BCUT2D eigenvalue weighted by Crippen LogP contribution is 2.35. The summed E-state index contributed by atoms with van der Waals surface area (Å²) in [5.74, 6) is 0.683. The summed E-state index contributed by atoms with van der Waals surface area (Å²) in [6.07, 6.45) is -0.872. The van der Waals surface area contributed by atoms with Gasteiger partial charge in [-0.15, -0.1) is 0 Å². The van der Waals surface area contributed by atoms with E-state index >= 15 is 0 Å². The number of anilines is 1. The number of hydrogen-bond donors (Lipinski definition) is 1. The van der Waals surface area contributed by atoms with Gasteiger partial charge in [0.15, 0.2) is 6.10 Å². The van der Waals surface area contributed by atoms with Crippen LogP contribution in [0.2, 0.25) is 0 Å². The molecule has 1 N–H and O–H groups in total. The van der Waals surface area contributed by atoms with Gasteiger partial charge in [0.25, 0.3) is 5.91 Å². The van der Waals surface area contributed by atoms with Gasteiger partial charge in [0.05, 0.1) is 24.1 Å². The Morgan fingerprint density at radius 1 is 1.24 bits per heavy atom. The van der Waals surface area contributed by atoms with Gasteiger partial charge < -0.3 is 14.8 Å². The zero-order valence-electron chi connectivity index (χ0n) is 16.8. The fraction of sp³-hybridized carbons (Fsp3) is 0.381. The number of fused-ring (bicyclic) bond motifs is 1. The maximum absolute atomic E-state index is 12.7. The summed E-state index contributed by atoms with van der Waals surface area (Å²) in [4.78, 5) is 12.7. The largest absolute Gasteiger partial charge is 0.491 e. The maximum Gasteiger partial charge on any atom is 0.263 e. The van der Waals surface area contributed by atoms with E-state index in [9.17, 15) is 13.2 Å². The van der Waals surface area contributed by atoms with Crippen LogP contribution in [0.5, 0.6) is 11.5 Å². The van der Waals surface area contributed by atoms with Crippen LogP contribution < -0.4 is 19.1 Å². The van der Waals surface area contributed by atoms with E-state index in [0.29, 0.717) is 11.4 Å². The normalized spacial score (nSPS) is 16.1. The molecule has 0 bridgehead atoms. The minimum Gasteiger partial charge on any atom is -0.491 e. The minimum atomic E-state index is -3.53. The van der Waals surface area contributed by atoms with Crippen LogP contribution in [-0.4, -0.2) is 38.8 Å². The van der Waals surface area contributed by atoms with Crippen LogP contribution in [-0.2, 0) is 21.4 Å². The minimum absolute atomic E-state index is 0.0572. The van der Waals surface area contributed by atoms with Gasteiger partial charge in [-0.1, -0.05) is 24.3 Å². The first-order valence-corrected chi connectivity index (χ1v) is 11.2. The van der Waals surface area contributed by atoms with Crippen molar-refractivity contribution in [2.45, 2.75) is 39.5 Å². The molecule has 0 aliphatic carbocycles. The summed E-state index contributed by atoms with van der Waals surface area (Å²) < 4.78 is 37.7. The third-order valence-corrected chi connectivity index (χ3v) is 6.21. The van der Waals surface area contributed by atoms with Crippen molar-refractivity contribution in [3.8, 4) is 11.5 Å². The predicted molar refractivity (Wildman–Crippen MR) is 112 cm³/mol. The quantitative estimate of drug-likeness (QED) is 0.747. The van der Waals surface area contributed by atoms with Crippen molar-refractivity contribution in [2.24, 2.45) is 0 Å². The third kappa shape index (κ3) is 5.00. The van der Waals surface area contributed by atoms with Crippen LogP contribution in [0.25, 0.3) is 0 Å². The van der Waals surface area contributed by atoms with Crippen molar-refractivity contribution in [3.63, 3.8) is 0 Å². The van der Waals surface area contributed by atoms with Gasteiger partial charge >= 0.3 is 0 Å². The first-order valence-electron chi connectivity index (χ1n) is 9.59. The molecule has 0 saturated heterocycles. The molecule has 0 aromatic heterocycles. The molecule has 156 valence electrons. The Balaban J connectivity index is 1.72. The number of rotatable bonds is 7. The fourth-order valence-corrected chi connectivity index (χ4v) is 4.19. The molecule has 2 aromatic carbocycles. The average Bonchev–Trinajstić information content (AvgIpc) is 2.71. The van der Waals surface area contributed by atoms with Gasteiger partial charge in [0, 0.05) is 6.54 Å². The standard InChI is InChI=1S/C21H26N2O5S/c1-4-29(25,26)23-14-20(28-19-11-6-5-10-18(19)23)21(24)22-13-16-8-7-9-17(12-16)27-15(2)3/h5-12,15,20H,4,13-14H2,1-3H3,(H,22,24)/t20-/m1/s1. The Labute approximate surface area is 171 Å². The summed E-state index contributed by atoms with van der Waals surface area (Å²) in [5, 5.41) is 2.83. The molecular weight excluding hydrogens is 392 g/mol. The molecule has 0 fully saturated rings. The molecule has 0 spiro atoms. The van der Waals surface area contributed by atoms with E-state index < -0.39 is 16.1 Å². The van der Waals surface area contributed by atoms with Crippen LogP contribution in [0.4, 0.5) is 5.69 Å². The summed E-state index contributed by atoms with van der Waals surface area (Å²) in [6.45, 7) is 5.70. The lowest BCUT2D eigenvalue weighted by atomic mass is 10.2. The van der Waals surface area contributed by atoms with E-state index in [2.05, 4.69) is 5.32 Å². The molecule has 1 atom stereocenters. The van der Waals surface area contributed by atoms with E-state index in [4.69, 9.17) is 9.47 Å². The summed E-state index contributed by atoms with van der Waals surface area (Å²) in [7, 11) is -3.53. The molecule has 29 heavy (non-hydrogen) atoms. The van der Waals surface area contributed by atoms with Crippen molar-refractivity contribution in [1.29, 1.82) is 0 Å². The molecule has 0 unspecified atom stereocenters. The van der Waals surface area contributed by atoms with Crippen molar-refractivity contribution < 1.29 is 22.7 Å². The van der Waals surface area contributed by atoms with Crippen molar-refractivity contribution in [2.75, 3.05) is 16.6 Å². The van der Waals surface area contributed by atoms with Crippen molar-refractivity contribution in [3.05, 3.63) is 54.1 Å². The Bertz CT molecular complexity index is 975. The monoisotopic (exact) mass is 418 g/mol. The third-order valence-electron chi connectivity index (χ3n) is 4.46. The van der Waals surface area contributed by atoms with Crippen molar-refractivity contribution >= 4 is 21.6 Å². The molecule has 1 amide bonds. The average molecular weight is 419 g/mol. The van der Waals surface area contributed by atoms with E-state index in [0.717, 1.165) is 11.3 Å². The Morgan fingerprint density at radius 2 is 2.00 bits per heavy atom. The van der Waals surface area contributed by atoms with E-state index in [1.807, 2.05) is 38.1 Å². The van der Waals surface area contributed by atoms with Crippen LogP contribution in [0, 0.1) is 0 Å². The topological polar surface area (TPSA) is 84.9 Å². The highest BCUT2D eigenvalue weighted by Gasteiger charge is 2.35. The molecular formula is C21H26N2O5S. The molecule has 7 nitrogen and oxygen atoms in total. The van der Waals surface area contributed by atoms with E-state index in [-0.39, 0.29) is 30.9 Å². The lowest BCUT2D eigenvalue weighted by Gasteiger charge is -2.34. The summed E-state index contributed by atoms with van der Waals surface area (Å²) in [5.41, 5.74) is 1.34. The first kappa shape index (κ1) is 21.0. The second-order valence-corrected chi connectivity index (χ2v) is 9.22. The molecule has 3 rings (SSSR count). The lowest BCUT2D eigenvalue weighted by molar-refractivity contribution is -0.127. The molecule has 8 heteroatoms. The number of benzene rings is 2. The maximum atomic E-state index is 12.7. The molecule has 0 saturated carbocycles. The molecule has 0 radical (unpaired) electrons. The Hall–Kier alpha value is -2.74. The zero-order chi connectivity index (χ0) is 21.0. The number of hydrogen-bond acceptors (Lipinski definition) is 5. The van der Waals surface area contributed by atoms with Crippen LogP contribution >= 0.6 is 0 Å². The van der Waals surface area contributed by atoms with Gasteiger partial charge in [-0.25, -0.2) is 8.42 Å². The summed E-state index contributed by atoms with van der Waals surface area (Å²) >= 11 is 0. The number of amides is 1. The van der Waals surface area contributed by atoms with E-state index in [1.165, 1.54) is 4.31 Å². The summed E-state index contributed by atoms with van der Waals surface area (Å²) in [6, 6.07) is 14.3. The SMILES string of the molecule is CCS(=O)(=O)N1C[C@H](C(=O)NCc2cccc(OC(C)C)c2)Oc2ccccc21. The smallest absolute Gasteiger partial charge is 0.263 e. The number of sulfonamides is 1. The van der Waals surface area contributed by atoms with Gasteiger partial charge in [-0.2, -0.15) is 0 Å². The molecule has 1 aliphatic heterocycles. The molecule has 1 aliphatic rings. The molecule has 2 aromatic rings. The lowest BCUT2D eigenvalue weighted by Crippen LogP contribution is -2.50. The van der Waals surface area contributed by atoms with E-state index in [1.54, 1.807) is 31.2 Å². The number of para-hydroxylation sites is 2. The van der Waals surface area contributed by atoms with Crippen LogP contribution in [0.15, 0.2) is 48.5 Å². The highest BCUT2D eigenvalue weighted by atomic mass is 32.2. The van der Waals surface area contributed by atoms with Crippen LogP contribution in [0.3, 0.4) is 0 Å². The zero-order valence-corrected chi connectivity index (χ0v) is 17.6. The second-order valence-electron chi connectivity index (χ2n) is 7.04. The van der Waals surface area contributed by atoms with Gasteiger partial charge in [-0.05, 0) is 50.6 Å². The highest BCUT2D eigenvalue weighted by molar-refractivity contribution is 7.92.